The van der Waals surface area contributed by atoms with Crippen molar-refractivity contribution in [3.63, 3.8) is 0 Å². The molecule has 0 fully saturated rings. The third kappa shape index (κ3) is 3.28. The number of carbonyl (C=O) groups excluding carboxylic acids is 4. The van der Waals surface area contributed by atoms with E-state index in [1.54, 1.807) is 74.8 Å². The Morgan fingerprint density at radius 2 is 1.23 bits per heavy atom. The summed E-state index contributed by atoms with van der Waals surface area (Å²) in [7, 11) is 3.31. The predicted octanol–water partition coefficient (Wildman–Crippen LogP) is 3.42. The number of benzene rings is 3. The maximum absolute atomic E-state index is 12.8. The molecule has 0 radical (unpaired) electrons. The summed E-state index contributed by atoms with van der Waals surface area (Å²) in [5, 5.41) is 2.74. The molecule has 1 aliphatic carbocycles. The molecule has 1 N–H and O–H groups in total. The molecule has 6 nitrogen and oxygen atoms in total. The van der Waals surface area contributed by atoms with E-state index in [9.17, 15) is 19.2 Å². The molecule has 0 saturated heterocycles. The second-order valence-corrected chi connectivity index (χ2v) is 7.20. The summed E-state index contributed by atoms with van der Waals surface area (Å²) < 4.78 is 0. The summed E-state index contributed by atoms with van der Waals surface area (Å²) in [6.07, 6.45) is 0. The van der Waals surface area contributed by atoms with Crippen LogP contribution in [0.15, 0.2) is 66.7 Å². The average molecular weight is 398 g/mol. The van der Waals surface area contributed by atoms with Gasteiger partial charge in [0, 0.05) is 53.2 Å². The first kappa shape index (κ1) is 19.3. The van der Waals surface area contributed by atoms with Crippen molar-refractivity contribution in [3.8, 4) is 0 Å². The molecule has 4 rings (SSSR count). The first-order valence-corrected chi connectivity index (χ1v) is 9.32. The summed E-state index contributed by atoms with van der Waals surface area (Å²) in [5.74, 6) is -0.990. The molecule has 0 heterocycles. The van der Waals surface area contributed by atoms with E-state index in [2.05, 4.69) is 5.32 Å². The molecule has 0 aliphatic heterocycles. The molecule has 0 atom stereocenters. The number of nitrogens with zero attached hydrogens (tertiary/aromatic N) is 1. The van der Waals surface area contributed by atoms with Crippen molar-refractivity contribution >= 4 is 29.1 Å². The molecule has 6 heteroatoms. The highest BCUT2D eigenvalue weighted by Crippen LogP contribution is 2.29. The van der Waals surface area contributed by atoms with Crippen LogP contribution in [0.4, 0.5) is 5.69 Å². The minimum atomic E-state index is -0.381. The van der Waals surface area contributed by atoms with Crippen molar-refractivity contribution in [2.24, 2.45) is 0 Å². The zero-order chi connectivity index (χ0) is 21.4. The van der Waals surface area contributed by atoms with E-state index >= 15 is 0 Å². The van der Waals surface area contributed by atoms with Gasteiger partial charge < -0.3 is 10.2 Å². The first-order chi connectivity index (χ1) is 14.4. The van der Waals surface area contributed by atoms with Gasteiger partial charge in [0.2, 0.25) is 0 Å². The van der Waals surface area contributed by atoms with E-state index in [1.165, 1.54) is 11.0 Å². The Bertz CT molecular complexity index is 1210. The van der Waals surface area contributed by atoms with Crippen LogP contribution in [-0.4, -0.2) is 42.4 Å². The molecule has 3 aromatic rings. The normalized spacial score (nSPS) is 12.1. The second kappa shape index (κ2) is 7.40. The van der Waals surface area contributed by atoms with Crippen LogP contribution in [0.2, 0.25) is 0 Å². The smallest absolute Gasteiger partial charge is 0.255 e. The molecule has 1 aliphatic rings. The predicted molar refractivity (Wildman–Crippen MR) is 112 cm³/mol. The van der Waals surface area contributed by atoms with E-state index < -0.39 is 0 Å². The van der Waals surface area contributed by atoms with Gasteiger partial charge in [0.15, 0.2) is 11.6 Å². The van der Waals surface area contributed by atoms with E-state index in [4.69, 9.17) is 0 Å². The Labute approximate surface area is 173 Å². The van der Waals surface area contributed by atoms with Crippen molar-refractivity contribution in [1.29, 1.82) is 0 Å². The fourth-order valence-electron chi connectivity index (χ4n) is 3.40. The molecule has 0 spiro atoms. The van der Waals surface area contributed by atoms with Crippen LogP contribution in [0.1, 0.15) is 52.6 Å². The number of carbonyl (C=O) groups is 4. The van der Waals surface area contributed by atoms with Crippen molar-refractivity contribution in [1.82, 2.24) is 4.90 Å². The van der Waals surface area contributed by atoms with Crippen LogP contribution >= 0.6 is 0 Å². The number of nitrogens with one attached hydrogen (secondary N) is 1. The van der Waals surface area contributed by atoms with Gasteiger partial charge in [-0.1, -0.05) is 24.3 Å². The van der Waals surface area contributed by atoms with Crippen LogP contribution in [0.5, 0.6) is 0 Å². The minimum absolute atomic E-state index is 0.153. The van der Waals surface area contributed by atoms with Crippen LogP contribution in [0.25, 0.3) is 0 Å². The maximum Gasteiger partial charge on any atom is 0.255 e. The standard InChI is InChI=1S/C24H18N2O4/c1-26(2)24(30)15-9-7-14(8-10-15)23(29)25-16-11-12-19-20(13-16)22(28)18-6-4-3-5-17(18)21(19)27/h3-13H,1-2H3,(H,25,29). The molecule has 0 unspecified atom stereocenters. The van der Waals surface area contributed by atoms with Crippen LogP contribution in [0, 0.1) is 0 Å². The van der Waals surface area contributed by atoms with Gasteiger partial charge in [-0.3, -0.25) is 19.2 Å². The maximum atomic E-state index is 12.8. The van der Waals surface area contributed by atoms with Gasteiger partial charge in [-0.2, -0.15) is 0 Å². The molecule has 0 saturated carbocycles. The largest absolute Gasteiger partial charge is 0.345 e. The Kier molecular flexibility index (Phi) is 4.75. The van der Waals surface area contributed by atoms with Gasteiger partial charge in [0.05, 0.1) is 0 Å². The van der Waals surface area contributed by atoms with E-state index in [0.29, 0.717) is 33.5 Å². The molecule has 0 bridgehead atoms. The highest BCUT2D eigenvalue weighted by atomic mass is 16.2. The van der Waals surface area contributed by atoms with Gasteiger partial charge in [0.1, 0.15) is 0 Å². The lowest BCUT2D eigenvalue weighted by atomic mass is 9.84. The molecular weight excluding hydrogens is 380 g/mol. The molecule has 0 aromatic heterocycles. The fourth-order valence-corrected chi connectivity index (χ4v) is 3.40. The Morgan fingerprint density at radius 3 is 1.83 bits per heavy atom. The van der Waals surface area contributed by atoms with Crippen LogP contribution in [0.3, 0.4) is 0 Å². The summed E-state index contributed by atoms with van der Waals surface area (Å²) >= 11 is 0. The molecule has 2 amide bonds. The van der Waals surface area contributed by atoms with Gasteiger partial charge >= 0.3 is 0 Å². The summed E-state index contributed by atoms with van der Waals surface area (Å²) in [6, 6.07) is 17.7. The monoisotopic (exact) mass is 398 g/mol. The van der Waals surface area contributed by atoms with Gasteiger partial charge in [-0.25, -0.2) is 0 Å². The quantitative estimate of drug-likeness (QED) is 0.573. The van der Waals surface area contributed by atoms with Crippen LogP contribution < -0.4 is 5.32 Å². The van der Waals surface area contributed by atoms with Gasteiger partial charge in [0.25, 0.3) is 11.8 Å². The zero-order valence-electron chi connectivity index (χ0n) is 16.4. The lowest BCUT2D eigenvalue weighted by molar-refractivity contribution is 0.0826. The SMILES string of the molecule is CN(C)C(=O)c1ccc(C(=O)Nc2ccc3c(c2)C(=O)c2ccccc2C3=O)cc1. The topological polar surface area (TPSA) is 83.6 Å². The van der Waals surface area contributed by atoms with Crippen molar-refractivity contribution in [2.45, 2.75) is 0 Å². The first-order valence-electron chi connectivity index (χ1n) is 9.32. The molecule has 30 heavy (non-hydrogen) atoms. The van der Waals surface area contributed by atoms with Crippen molar-refractivity contribution < 1.29 is 19.2 Å². The number of rotatable bonds is 3. The minimum Gasteiger partial charge on any atom is -0.345 e. The average Bonchev–Trinajstić information content (AvgIpc) is 2.77. The Hall–Kier alpha value is -4.06. The Morgan fingerprint density at radius 1 is 0.700 bits per heavy atom. The Balaban J connectivity index is 1.58. The highest BCUT2D eigenvalue weighted by Gasteiger charge is 2.29. The lowest BCUT2D eigenvalue weighted by Gasteiger charge is -2.18. The van der Waals surface area contributed by atoms with E-state index in [0.717, 1.165) is 0 Å². The molecular formula is C24H18N2O4. The molecule has 148 valence electrons. The zero-order valence-corrected chi connectivity index (χ0v) is 16.4. The number of fused-ring (bicyclic) bond motifs is 2. The highest BCUT2D eigenvalue weighted by molar-refractivity contribution is 6.28. The third-order valence-corrected chi connectivity index (χ3v) is 4.98. The number of ketones is 2. The number of anilines is 1. The van der Waals surface area contributed by atoms with E-state index in [1.807, 2.05) is 0 Å². The molecule has 3 aromatic carbocycles. The second-order valence-electron chi connectivity index (χ2n) is 7.20. The van der Waals surface area contributed by atoms with Gasteiger partial charge in [-0.15, -0.1) is 0 Å². The third-order valence-electron chi connectivity index (χ3n) is 4.98. The fraction of sp³-hybridized carbons (Fsp3) is 0.0833. The number of amides is 2. The van der Waals surface area contributed by atoms with Crippen molar-refractivity contribution in [2.75, 3.05) is 19.4 Å². The lowest BCUT2D eigenvalue weighted by Crippen LogP contribution is -2.22. The van der Waals surface area contributed by atoms with Gasteiger partial charge in [-0.05, 0) is 42.5 Å². The number of hydrogen-bond donors (Lipinski definition) is 1. The van der Waals surface area contributed by atoms with E-state index in [-0.39, 0.29) is 28.9 Å². The summed E-state index contributed by atoms with van der Waals surface area (Å²) in [4.78, 5) is 51.5. The van der Waals surface area contributed by atoms with Crippen molar-refractivity contribution in [3.05, 3.63) is 100 Å². The summed E-state index contributed by atoms with van der Waals surface area (Å²) in [5.41, 5.74) is 2.60. The van der Waals surface area contributed by atoms with Crippen LogP contribution in [-0.2, 0) is 0 Å². The summed E-state index contributed by atoms with van der Waals surface area (Å²) in [6.45, 7) is 0. The number of hydrogen-bond acceptors (Lipinski definition) is 4.